The summed E-state index contributed by atoms with van der Waals surface area (Å²) in [5.74, 6) is -0.568. The monoisotopic (exact) mass is 227 g/mol. The molecule has 0 saturated heterocycles. The molecule has 6 heteroatoms. The van der Waals surface area contributed by atoms with Crippen LogP contribution in [0.15, 0.2) is 18.2 Å². The van der Waals surface area contributed by atoms with E-state index < -0.39 is 11.8 Å². The van der Waals surface area contributed by atoms with Gasteiger partial charge in [0.25, 0.3) is 0 Å². The summed E-state index contributed by atoms with van der Waals surface area (Å²) in [4.78, 5) is 11.2. The van der Waals surface area contributed by atoms with Gasteiger partial charge in [-0.25, -0.2) is 9.18 Å². The van der Waals surface area contributed by atoms with Gasteiger partial charge in [0.1, 0.15) is 5.82 Å². The molecule has 1 rings (SSSR count). The molecule has 0 unspecified atom stereocenters. The predicted octanol–water partition coefficient (Wildman–Crippen LogP) is 1.18. The third-order valence-corrected chi connectivity index (χ3v) is 1.83. The van der Waals surface area contributed by atoms with Crippen molar-refractivity contribution in [2.45, 2.75) is 0 Å². The Bertz CT molecular complexity index is 371. The Morgan fingerprint density at radius 2 is 2.31 bits per heavy atom. The standard InChI is InChI=1S/C10H14FN3O2/c1-16-5-4-13-10(15)14-9-3-2-7(12)6-8(9)11/h2-3,6H,4-5,12H2,1H3,(H2,13,14,15). The van der Waals surface area contributed by atoms with Gasteiger partial charge in [-0.3, -0.25) is 0 Å². The molecular formula is C10H14FN3O2. The average Bonchev–Trinajstić information content (AvgIpc) is 2.23. The normalized spacial score (nSPS) is 9.88. The van der Waals surface area contributed by atoms with Crippen LogP contribution >= 0.6 is 0 Å². The molecule has 0 aromatic heterocycles. The fourth-order valence-corrected chi connectivity index (χ4v) is 1.07. The highest BCUT2D eigenvalue weighted by Crippen LogP contribution is 2.16. The Morgan fingerprint density at radius 3 is 2.94 bits per heavy atom. The zero-order valence-electron chi connectivity index (χ0n) is 8.92. The lowest BCUT2D eigenvalue weighted by Gasteiger charge is -2.08. The summed E-state index contributed by atoms with van der Waals surface area (Å²) in [6, 6.07) is 3.57. The molecule has 0 saturated carbocycles. The molecule has 0 heterocycles. The first kappa shape index (κ1) is 12.3. The number of anilines is 2. The van der Waals surface area contributed by atoms with E-state index in [1.807, 2.05) is 0 Å². The second kappa shape index (κ2) is 5.92. The smallest absolute Gasteiger partial charge is 0.319 e. The van der Waals surface area contributed by atoms with E-state index in [1.165, 1.54) is 19.2 Å². The van der Waals surface area contributed by atoms with E-state index in [1.54, 1.807) is 0 Å². The highest BCUT2D eigenvalue weighted by atomic mass is 19.1. The van der Waals surface area contributed by atoms with Gasteiger partial charge in [0.2, 0.25) is 0 Å². The number of nitrogen functional groups attached to an aromatic ring is 1. The lowest BCUT2D eigenvalue weighted by atomic mass is 10.3. The van der Waals surface area contributed by atoms with Gasteiger partial charge < -0.3 is 21.1 Å². The molecule has 0 spiro atoms. The number of carbonyl (C=O) groups is 1. The molecule has 0 aliphatic heterocycles. The Hall–Kier alpha value is -1.82. The molecule has 5 nitrogen and oxygen atoms in total. The van der Waals surface area contributed by atoms with E-state index in [2.05, 4.69) is 10.6 Å². The predicted molar refractivity (Wildman–Crippen MR) is 59.7 cm³/mol. The molecule has 16 heavy (non-hydrogen) atoms. The van der Waals surface area contributed by atoms with Gasteiger partial charge in [-0.05, 0) is 18.2 Å². The highest BCUT2D eigenvalue weighted by Gasteiger charge is 2.05. The van der Waals surface area contributed by atoms with Crippen molar-refractivity contribution >= 4 is 17.4 Å². The Labute approximate surface area is 92.8 Å². The number of urea groups is 1. The number of methoxy groups -OCH3 is 1. The van der Waals surface area contributed by atoms with Crippen LogP contribution in [0.2, 0.25) is 0 Å². The molecule has 0 fully saturated rings. The van der Waals surface area contributed by atoms with Gasteiger partial charge in [-0.15, -0.1) is 0 Å². The first-order valence-corrected chi connectivity index (χ1v) is 4.72. The van der Waals surface area contributed by atoms with Crippen LogP contribution in [0.5, 0.6) is 0 Å². The molecule has 0 aliphatic carbocycles. The number of nitrogens with one attached hydrogen (secondary N) is 2. The second-order valence-corrected chi connectivity index (χ2v) is 3.11. The maximum Gasteiger partial charge on any atom is 0.319 e. The number of rotatable bonds is 4. The van der Waals surface area contributed by atoms with Crippen LogP contribution in [-0.2, 0) is 4.74 Å². The topological polar surface area (TPSA) is 76.4 Å². The van der Waals surface area contributed by atoms with Crippen molar-refractivity contribution in [1.82, 2.24) is 5.32 Å². The number of hydrogen-bond acceptors (Lipinski definition) is 3. The molecule has 1 aromatic carbocycles. The highest BCUT2D eigenvalue weighted by molar-refractivity contribution is 5.89. The number of amides is 2. The molecule has 0 radical (unpaired) electrons. The maximum atomic E-state index is 13.3. The van der Waals surface area contributed by atoms with E-state index in [4.69, 9.17) is 10.5 Å². The second-order valence-electron chi connectivity index (χ2n) is 3.11. The summed E-state index contributed by atoms with van der Waals surface area (Å²) in [6.45, 7) is 0.760. The number of carbonyl (C=O) groups excluding carboxylic acids is 1. The van der Waals surface area contributed by atoms with Crippen LogP contribution in [0.1, 0.15) is 0 Å². The summed E-state index contributed by atoms with van der Waals surface area (Å²) >= 11 is 0. The molecule has 0 atom stereocenters. The molecule has 0 aliphatic rings. The third-order valence-electron chi connectivity index (χ3n) is 1.83. The zero-order chi connectivity index (χ0) is 12.0. The van der Waals surface area contributed by atoms with E-state index in [9.17, 15) is 9.18 Å². The van der Waals surface area contributed by atoms with Gasteiger partial charge in [-0.1, -0.05) is 0 Å². The summed E-state index contributed by atoms with van der Waals surface area (Å²) in [6.07, 6.45) is 0. The number of ether oxygens (including phenoxy) is 1. The van der Waals surface area contributed by atoms with Gasteiger partial charge in [0.05, 0.1) is 12.3 Å². The van der Waals surface area contributed by atoms with Crippen LogP contribution in [0.25, 0.3) is 0 Å². The Morgan fingerprint density at radius 1 is 1.56 bits per heavy atom. The minimum Gasteiger partial charge on any atom is -0.399 e. The first-order chi connectivity index (χ1) is 7.63. The number of benzene rings is 1. The molecule has 0 bridgehead atoms. The lowest BCUT2D eigenvalue weighted by molar-refractivity contribution is 0.198. The lowest BCUT2D eigenvalue weighted by Crippen LogP contribution is -2.31. The van der Waals surface area contributed by atoms with Gasteiger partial charge in [-0.2, -0.15) is 0 Å². The zero-order valence-corrected chi connectivity index (χ0v) is 8.92. The van der Waals surface area contributed by atoms with Crippen molar-refractivity contribution in [1.29, 1.82) is 0 Å². The summed E-state index contributed by atoms with van der Waals surface area (Å²) < 4.78 is 18.0. The molecular weight excluding hydrogens is 213 g/mol. The quantitative estimate of drug-likeness (QED) is 0.534. The average molecular weight is 227 g/mol. The molecule has 88 valence electrons. The maximum absolute atomic E-state index is 13.3. The minimum atomic E-state index is -0.568. The van der Waals surface area contributed by atoms with E-state index >= 15 is 0 Å². The SMILES string of the molecule is COCCNC(=O)Nc1ccc(N)cc1F. The van der Waals surface area contributed by atoms with Crippen LogP contribution in [0.4, 0.5) is 20.6 Å². The molecule has 1 aromatic rings. The number of nitrogens with two attached hydrogens (primary N) is 1. The summed E-state index contributed by atoms with van der Waals surface area (Å²) in [7, 11) is 1.53. The van der Waals surface area contributed by atoms with E-state index in [0.717, 1.165) is 6.07 Å². The van der Waals surface area contributed by atoms with Crippen LogP contribution in [0, 0.1) is 5.82 Å². The summed E-state index contributed by atoms with van der Waals surface area (Å²) in [5, 5.41) is 4.86. The fourth-order valence-electron chi connectivity index (χ4n) is 1.07. The molecule has 2 amide bonds. The van der Waals surface area contributed by atoms with Crippen molar-refractivity contribution in [3.63, 3.8) is 0 Å². The van der Waals surface area contributed by atoms with E-state index in [-0.39, 0.29) is 5.69 Å². The Kier molecular flexibility index (Phi) is 4.53. The van der Waals surface area contributed by atoms with Gasteiger partial charge >= 0.3 is 6.03 Å². The van der Waals surface area contributed by atoms with Crippen molar-refractivity contribution in [2.75, 3.05) is 31.3 Å². The van der Waals surface area contributed by atoms with Crippen LogP contribution in [-0.4, -0.2) is 26.3 Å². The Balaban J connectivity index is 2.49. The third kappa shape index (κ3) is 3.74. The number of hydrogen-bond donors (Lipinski definition) is 3. The van der Waals surface area contributed by atoms with Crippen LogP contribution < -0.4 is 16.4 Å². The van der Waals surface area contributed by atoms with Crippen LogP contribution in [0.3, 0.4) is 0 Å². The summed E-state index contributed by atoms with van der Waals surface area (Å²) in [5.41, 5.74) is 5.77. The number of halogens is 1. The van der Waals surface area contributed by atoms with Crippen molar-refractivity contribution in [3.8, 4) is 0 Å². The van der Waals surface area contributed by atoms with Crippen molar-refractivity contribution in [3.05, 3.63) is 24.0 Å². The first-order valence-electron chi connectivity index (χ1n) is 4.72. The largest absolute Gasteiger partial charge is 0.399 e. The molecule has 4 N–H and O–H groups in total. The minimum absolute atomic E-state index is 0.0871. The van der Waals surface area contributed by atoms with E-state index in [0.29, 0.717) is 18.8 Å². The van der Waals surface area contributed by atoms with Crippen molar-refractivity contribution < 1.29 is 13.9 Å². The van der Waals surface area contributed by atoms with Gasteiger partial charge in [0, 0.05) is 19.3 Å². The van der Waals surface area contributed by atoms with Gasteiger partial charge in [0.15, 0.2) is 0 Å². The fraction of sp³-hybridized carbons (Fsp3) is 0.300. The van der Waals surface area contributed by atoms with Crippen molar-refractivity contribution in [2.24, 2.45) is 0 Å².